The summed E-state index contributed by atoms with van der Waals surface area (Å²) >= 11 is 0. The first kappa shape index (κ1) is 13.1. The normalized spacial score (nSPS) is 19.4. The van der Waals surface area contributed by atoms with E-state index in [2.05, 4.69) is 0 Å². The summed E-state index contributed by atoms with van der Waals surface area (Å²) in [6.45, 7) is 0. The second-order valence-electron chi connectivity index (χ2n) is 11.3. The van der Waals surface area contributed by atoms with E-state index in [0.29, 0.717) is 4.90 Å². The molecule has 0 aliphatic rings. The zero-order valence-electron chi connectivity index (χ0n) is 58.2. The van der Waals surface area contributed by atoms with Crippen LogP contribution >= 0.6 is 0 Å². The molecule has 0 atom stereocenters. The maximum absolute atomic E-state index is 10.1. The monoisotopic (exact) mass is 720 g/mol. The number of furan rings is 1. The maximum Gasteiger partial charge on any atom is 0.160 e. The van der Waals surface area contributed by atoms with Gasteiger partial charge < -0.3 is 9.32 Å². The molecule has 2 nitrogen and oxygen atoms in total. The molecule has 0 aliphatic carbocycles. The smallest absolute Gasteiger partial charge is 0.160 e. The number of benzene rings is 9. The van der Waals surface area contributed by atoms with Crippen molar-refractivity contribution in [2.24, 2.45) is 0 Å². The van der Waals surface area contributed by atoms with E-state index in [1.165, 1.54) is 0 Å². The second-order valence-corrected chi connectivity index (χ2v) is 11.3. The van der Waals surface area contributed by atoms with Crippen LogP contribution in [0.25, 0.3) is 77.2 Å². The van der Waals surface area contributed by atoms with Gasteiger partial charge in [0.2, 0.25) is 0 Å². The Balaban J connectivity index is 1.54. The summed E-state index contributed by atoms with van der Waals surface area (Å²) in [5.41, 5.74) is -10.9. The molecule has 0 radical (unpaired) electrons. The molecule has 10 aromatic rings. The molecule has 10 rings (SSSR count). The van der Waals surface area contributed by atoms with E-state index in [4.69, 9.17) is 26.3 Å². The standard InChI is InChI=1S/C52H35NO/c1-5-15-36(16-6-1)38-25-29-42(30-26-38)53(43-31-27-39(28-32-43)37-17-7-2-8-18-37)49-34-33-44(40-19-9-3-10-20-40)50-48-35-47(41-21-11-4-12-22-41)45-23-13-14-24-46(45)51(48)54-52(49)50/h1-35H/i1D,2D,3D,4D,5D,9D,10D,11D,12D,13D,14D,16D,17D,18D,19D,20D,21D,22D,23D,24D,25D,26D,27D,28D,29D,30D,31D,32D,33D,34D,35D. The van der Waals surface area contributed by atoms with Crippen LogP contribution in [0, 0.1) is 0 Å². The van der Waals surface area contributed by atoms with E-state index in [0.717, 1.165) is 24.3 Å². The minimum absolute atomic E-state index is 0.341. The molecule has 54 heavy (non-hydrogen) atoms. The van der Waals surface area contributed by atoms with Crippen molar-refractivity contribution < 1.29 is 46.9 Å². The molecule has 0 saturated carbocycles. The molecule has 2 heteroatoms. The van der Waals surface area contributed by atoms with Gasteiger partial charge in [0.15, 0.2) is 5.58 Å². The molecule has 0 bridgehead atoms. The topological polar surface area (TPSA) is 16.4 Å². The van der Waals surface area contributed by atoms with Crippen LogP contribution in [-0.2, 0) is 0 Å². The van der Waals surface area contributed by atoms with E-state index in [-0.39, 0.29) is 6.04 Å². The summed E-state index contributed by atoms with van der Waals surface area (Å²) in [6.07, 6.45) is 0. The van der Waals surface area contributed by atoms with Gasteiger partial charge in [0, 0.05) is 27.5 Å². The number of nitrogens with zero attached hydrogens (tertiary/aromatic N) is 1. The highest BCUT2D eigenvalue weighted by molar-refractivity contribution is 6.24. The van der Waals surface area contributed by atoms with Crippen LogP contribution in [0.4, 0.5) is 17.1 Å². The fraction of sp³-hybridized carbons (Fsp3) is 0. The Hall–Kier alpha value is -7.16. The third kappa shape index (κ3) is 5.53. The fourth-order valence-electron chi connectivity index (χ4n) is 5.85. The van der Waals surface area contributed by atoms with Gasteiger partial charge in [0.25, 0.3) is 0 Å². The number of hydrogen-bond donors (Lipinski definition) is 0. The molecule has 0 spiro atoms. The Morgan fingerprint density at radius 2 is 0.926 bits per heavy atom. The first-order chi connectivity index (χ1) is 39.6. The lowest BCUT2D eigenvalue weighted by Crippen LogP contribution is -2.10. The van der Waals surface area contributed by atoms with Gasteiger partial charge in [-0.25, -0.2) is 0 Å². The average molecular weight is 721 g/mol. The highest BCUT2D eigenvalue weighted by atomic mass is 16.3. The lowest BCUT2D eigenvalue weighted by molar-refractivity contribution is 0.673. The third-order valence-corrected chi connectivity index (χ3v) is 8.21. The van der Waals surface area contributed by atoms with Gasteiger partial charge in [-0.05, 0) is 86.1 Å². The van der Waals surface area contributed by atoms with Gasteiger partial charge in [0.1, 0.15) is 5.58 Å². The first-order valence-corrected chi connectivity index (χ1v) is 15.9. The number of anilines is 3. The molecule has 0 N–H and O–H groups in total. The van der Waals surface area contributed by atoms with Gasteiger partial charge in [-0.1, -0.05) is 175 Å². The summed E-state index contributed by atoms with van der Waals surface area (Å²) in [5, 5.41) is -3.08. The van der Waals surface area contributed by atoms with E-state index < -0.39 is 276 Å². The molecule has 1 aromatic heterocycles. The third-order valence-electron chi connectivity index (χ3n) is 8.21. The average Bonchev–Trinajstić information content (AvgIpc) is 1.70. The lowest BCUT2D eigenvalue weighted by atomic mass is 9.93. The quantitative estimate of drug-likeness (QED) is 0.163. The predicted octanol–water partition coefficient (Wildman–Crippen LogP) is 14.9. The van der Waals surface area contributed by atoms with Crippen LogP contribution in [0.3, 0.4) is 0 Å². The van der Waals surface area contributed by atoms with Gasteiger partial charge in [-0.15, -0.1) is 0 Å². The van der Waals surface area contributed by atoms with Crippen molar-refractivity contribution >= 4 is 49.8 Å². The van der Waals surface area contributed by atoms with Crippen LogP contribution in [0.15, 0.2) is 216 Å². The summed E-state index contributed by atoms with van der Waals surface area (Å²) in [7, 11) is 0. The van der Waals surface area contributed by atoms with E-state index in [1.54, 1.807) is 0 Å². The summed E-state index contributed by atoms with van der Waals surface area (Å²) in [4.78, 5) is 0.421. The molecule has 1 heterocycles. The van der Waals surface area contributed by atoms with Crippen molar-refractivity contribution in [2.75, 3.05) is 4.90 Å². The van der Waals surface area contributed by atoms with E-state index in [9.17, 15) is 20.6 Å². The van der Waals surface area contributed by atoms with E-state index in [1.807, 2.05) is 0 Å². The molecular formula is C52H35NO. The van der Waals surface area contributed by atoms with Crippen molar-refractivity contribution in [1.82, 2.24) is 0 Å². The summed E-state index contributed by atoms with van der Waals surface area (Å²) in [6, 6.07) is -25.9. The van der Waals surface area contributed by atoms with Gasteiger partial charge in [-0.3, -0.25) is 0 Å². The Bertz CT molecular complexity index is 4600. The van der Waals surface area contributed by atoms with Crippen molar-refractivity contribution in [3.63, 3.8) is 0 Å². The lowest BCUT2D eigenvalue weighted by Gasteiger charge is -2.26. The molecule has 0 aliphatic heterocycles. The van der Waals surface area contributed by atoms with Crippen LogP contribution < -0.4 is 4.90 Å². The molecule has 0 unspecified atom stereocenters. The van der Waals surface area contributed by atoms with Gasteiger partial charge in [0.05, 0.1) is 48.2 Å². The Morgan fingerprint density at radius 1 is 0.370 bits per heavy atom. The maximum atomic E-state index is 10.1. The Kier molecular flexibility index (Phi) is 3.25. The predicted molar refractivity (Wildman–Crippen MR) is 228 cm³/mol. The molecule has 254 valence electrons. The highest BCUT2D eigenvalue weighted by Gasteiger charge is 2.24. The Morgan fingerprint density at radius 3 is 1.61 bits per heavy atom. The van der Waals surface area contributed by atoms with Gasteiger partial charge >= 0.3 is 0 Å². The molecular weight excluding hydrogens is 655 g/mol. The van der Waals surface area contributed by atoms with Crippen LogP contribution in [0.1, 0.15) is 42.5 Å². The van der Waals surface area contributed by atoms with Crippen molar-refractivity contribution in [3.8, 4) is 44.5 Å². The SMILES string of the molecule is [2H]c1cc([2H])c(-c2c([2H])c([2H])c(N(c3c([2H])c([2H])c(-c4cc([2H])c([2H])cc4[2H])c([2H])c3[2H])c3c([2H])c([2H])c(-c4c([2H])c([2H])c([2H])c([2H])c4[2H])c4c3oc3c5c([2H])c([2H])c([2H])c([2H])c5c(-c5c([2H])c([2H])c([2H])c([2H])c5[2H])c([2H])c34)c([2H])c2[2H])c([2H])c1. The number of rotatable bonds is 7. The molecule has 0 fully saturated rings. The number of fused-ring (bicyclic) bond motifs is 5. The largest absolute Gasteiger partial charge is 0.453 e. The zero-order chi connectivity index (χ0) is 62.8. The minimum atomic E-state index is -1.27. The van der Waals surface area contributed by atoms with Crippen LogP contribution in [0.5, 0.6) is 0 Å². The first-order valence-electron chi connectivity index (χ1n) is 31.4. The van der Waals surface area contributed by atoms with Crippen molar-refractivity contribution in [1.29, 1.82) is 0 Å². The minimum Gasteiger partial charge on any atom is -0.453 e. The highest BCUT2D eigenvalue weighted by Crippen LogP contribution is 2.48. The second kappa shape index (κ2) is 13.4. The van der Waals surface area contributed by atoms with E-state index >= 15 is 0 Å². The van der Waals surface area contributed by atoms with Crippen molar-refractivity contribution in [2.45, 2.75) is 0 Å². The molecule has 0 amide bonds. The molecule has 9 aromatic carbocycles. The Labute approximate surface area is 358 Å². The van der Waals surface area contributed by atoms with Crippen LogP contribution in [0.2, 0.25) is 0 Å². The van der Waals surface area contributed by atoms with Gasteiger partial charge in [-0.2, -0.15) is 0 Å². The summed E-state index contributed by atoms with van der Waals surface area (Å²) in [5.74, 6) is 0. The van der Waals surface area contributed by atoms with Crippen LogP contribution in [-0.4, -0.2) is 0 Å². The molecule has 0 saturated heterocycles. The zero-order valence-corrected chi connectivity index (χ0v) is 27.2. The number of hydrogen-bond acceptors (Lipinski definition) is 2. The van der Waals surface area contributed by atoms with Crippen molar-refractivity contribution in [3.05, 3.63) is 212 Å². The summed E-state index contributed by atoms with van der Waals surface area (Å²) < 4.78 is 288. The fourth-order valence-corrected chi connectivity index (χ4v) is 5.85.